The SMILES string of the molecule is CN(CCCP(=O)(c1ccccc1)c1ccccc1)/N=N/N(C)CCCP(=O)(c1ccccc1)c1ccccc1. The molecule has 0 radical (unpaired) electrons. The van der Waals surface area contributed by atoms with Crippen molar-refractivity contribution in [1.29, 1.82) is 0 Å². The molecule has 0 aliphatic heterocycles. The molecule has 4 aromatic carbocycles. The van der Waals surface area contributed by atoms with Crippen LogP contribution in [0.2, 0.25) is 0 Å². The molecule has 0 aliphatic rings. The van der Waals surface area contributed by atoms with E-state index in [4.69, 9.17) is 0 Å². The quantitative estimate of drug-likeness (QED) is 0.107. The molecule has 4 aromatic rings. The molecule has 6 nitrogen and oxygen atoms in total. The lowest BCUT2D eigenvalue weighted by Crippen LogP contribution is -2.22. The molecule has 4 rings (SSSR count). The van der Waals surface area contributed by atoms with Gasteiger partial charge < -0.3 is 9.13 Å². The van der Waals surface area contributed by atoms with Crippen molar-refractivity contribution in [2.75, 3.05) is 39.5 Å². The van der Waals surface area contributed by atoms with Gasteiger partial charge in [-0.2, -0.15) is 0 Å². The molecule has 8 heteroatoms. The predicted molar refractivity (Wildman–Crippen MR) is 169 cm³/mol. The minimum atomic E-state index is -2.74. The second-order valence-electron chi connectivity index (χ2n) is 9.92. The van der Waals surface area contributed by atoms with E-state index >= 15 is 0 Å². The van der Waals surface area contributed by atoms with Crippen molar-refractivity contribution in [1.82, 2.24) is 10.0 Å². The lowest BCUT2D eigenvalue weighted by molar-refractivity contribution is 0.250. The Labute approximate surface area is 238 Å². The summed E-state index contributed by atoms with van der Waals surface area (Å²) in [5.74, 6) is 0. The number of hydrogen-bond donors (Lipinski definition) is 0. The lowest BCUT2D eigenvalue weighted by Gasteiger charge is -2.21. The summed E-state index contributed by atoms with van der Waals surface area (Å²) in [6.07, 6.45) is 2.56. The van der Waals surface area contributed by atoms with E-state index in [-0.39, 0.29) is 0 Å². The lowest BCUT2D eigenvalue weighted by atomic mass is 10.4. The van der Waals surface area contributed by atoms with Crippen LogP contribution >= 0.6 is 14.3 Å². The molecule has 0 bridgehead atoms. The van der Waals surface area contributed by atoms with Gasteiger partial charge in [0.15, 0.2) is 0 Å². The highest BCUT2D eigenvalue weighted by molar-refractivity contribution is 7.79. The van der Waals surface area contributed by atoms with Gasteiger partial charge in [0, 0.05) is 60.7 Å². The third-order valence-corrected chi connectivity index (χ3v) is 13.4. The molecule has 0 fully saturated rings. The molecule has 0 spiro atoms. The summed E-state index contributed by atoms with van der Waals surface area (Å²) in [6.45, 7) is 1.27. The van der Waals surface area contributed by atoms with Crippen LogP contribution in [0.15, 0.2) is 132 Å². The fourth-order valence-electron chi connectivity index (χ4n) is 4.76. The molecule has 0 aromatic heterocycles. The molecule has 0 unspecified atom stereocenters. The summed E-state index contributed by atoms with van der Waals surface area (Å²) in [6, 6.07) is 39.0. The number of hydrogen-bond acceptors (Lipinski definition) is 4. The third kappa shape index (κ3) is 7.59. The van der Waals surface area contributed by atoms with Gasteiger partial charge in [-0.15, -0.1) is 0 Å². The van der Waals surface area contributed by atoms with Crippen molar-refractivity contribution in [3.63, 3.8) is 0 Å². The first-order valence-electron chi connectivity index (χ1n) is 13.7. The van der Waals surface area contributed by atoms with Crippen molar-refractivity contribution in [3.05, 3.63) is 121 Å². The highest BCUT2D eigenvalue weighted by Crippen LogP contribution is 2.44. The van der Waals surface area contributed by atoms with E-state index in [0.29, 0.717) is 25.4 Å². The smallest absolute Gasteiger partial charge is 0.143 e. The van der Waals surface area contributed by atoms with Crippen LogP contribution in [0.5, 0.6) is 0 Å². The van der Waals surface area contributed by atoms with E-state index in [1.54, 1.807) is 10.0 Å². The molecule has 0 amide bonds. The van der Waals surface area contributed by atoms with E-state index in [1.807, 2.05) is 135 Å². The average molecular weight is 573 g/mol. The Bertz CT molecular complexity index is 1240. The van der Waals surface area contributed by atoms with Gasteiger partial charge in [0.05, 0.1) is 0 Å². The zero-order chi connectivity index (χ0) is 28.3. The summed E-state index contributed by atoms with van der Waals surface area (Å²) in [5.41, 5.74) is 0. The van der Waals surface area contributed by atoms with Gasteiger partial charge in [0.2, 0.25) is 0 Å². The first-order chi connectivity index (χ1) is 19.4. The van der Waals surface area contributed by atoms with Crippen LogP contribution in [0.3, 0.4) is 0 Å². The van der Waals surface area contributed by atoms with Crippen molar-refractivity contribution in [3.8, 4) is 0 Å². The van der Waals surface area contributed by atoms with Gasteiger partial charge in [-0.3, -0.25) is 10.0 Å². The Morgan fingerprint density at radius 3 is 0.975 bits per heavy atom. The molecular formula is C32H38N4O2P2. The van der Waals surface area contributed by atoms with Crippen LogP contribution < -0.4 is 21.2 Å². The molecule has 0 N–H and O–H groups in total. The number of nitrogens with zero attached hydrogens (tertiary/aromatic N) is 4. The monoisotopic (exact) mass is 572 g/mol. The molecule has 40 heavy (non-hydrogen) atoms. The summed E-state index contributed by atoms with van der Waals surface area (Å²) in [5, 5.41) is 15.8. The van der Waals surface area contributed by atoms with Gasteiger partial charge in [0.1, 0.15) is 14.3 Å². The molecule has 0 aliphatic carbocycles. The molecule has 208 valence electrons. The minimum Gasteiger partial charge on any atom is -0.314 e. The number of rotatable bonds is 14. The molecule has 0 saturated carbocycles. The highest BCUT2D eigenvalue weighted by atomic mass is 31.2. The van der Waals surface area contributed by atoms with Crippen LogP contribution in [-0.4, -0.2) is 49.5 Å². The van der Waals surface area contributed by atoms with E-state index < -0.39 is 14.3 Å². The predicted octanol–water partition coefficient (Wildman–Crippen LogP) is 5.94. The first kappa shape index (κ1) is 29.5. The topological polar surface area (TPSA) is 65.3 Å². The van der Waals surface area contributed by atoms with Crippen LogP contribution in [0.4, 0.5) is 0 Å². The van der Waals surface area contributed by atoms with Gasteiger partial charge in [-0.1, -0.05) is 132 Å². The largest absolute Gasteiger partial charge is 0.314 e. The summed E-state index contributed by atoms with van der Waals surface area (Å²) >= 11 is 0. The van der Waals surface area contributed by atoms with E-state index in [0.717, 1.165) is 34.1 Å². The minimum absolute atomic E-state index is 0.560. The van der Waals surface area contributed by atoms with Crippen LogP contribution in [-0.2, 0) is 9.13 Å². The summed E-state index contributed by atoms with van der Waals surface area (Å²) in [4.78, 5) is 0. The molecule has 0 saturated heterocycles. The van der Waals surface area contributed by atoms with Gasteiger partial charge in [-0.05, 0) is 12.8 Å². The zero-order valence-electron chi connectivity index (χ0n) is 23.3. The van der Waals surface area contributed by atoms with Gasteiger partial charge in [0.25, 0.3) is 0 Å². The zero-order valence-corrected chi connectivity index (χ0v) is 25.1. The Morgan fingerprint density at radius 1 is 0.475 bits per heavy atom. The maximum Gasteiger partial charge on any atom is 0.143 e. The van der Waals surface area contributed by atoms with Crippen LogP contribution in [0.1, 0.15) is 12.8 Å². The Kier molecular flexibility index (Phi) is 10.5. The first-order valence-corrected chi connectivity index (χ1v) is 17.4. The van der Waals surface area contributed by atoms with E-state index in [1.165, 1.54) is 0 Å². The van der Waals surface area contributed by atoms with Crippen molar-refractivity contribution < 1.29 is 9.13 Å². The van der Waals surface area contributed by atoms with E-state index in [9.17, 15) is 9.13 Å². The third-order valence-electron chi connectivity index (χ3n) is 6.95. The average Bonchev–Trinajstić information content (AvgIpc) is 3.01. The maximum atomic E-state index is 14.2. The van der Waals surface area contributed by atoms with Crippen LogP contribution in [0.25, 0.3) is 0 Å². The molecule has 0 atom stereocenters. The van der Waals surface area contributed by atoms with Crippen molar-refractivity contribution in [2.24, 2.45) is 10.4 Å². The van der Waals surface area contributed by atoms with Crippen LogP contribution in [0, 0.1) is 0 Å². The maximum absolute atomic E-state index is 14.2. The second kappa shape index (κ2) is 14.3. The fraction of sp³-hybridized carbons (Fsp3) is 0.250. The Hall–Kier alpha value is -3.46. The second-order valence-corrected chi connectivity index (χ2v) is 15.8. The summed E-state index contributed by atoms with van der Waals surface area (Å²) < 4.78 is 28.3. The van der Waals surface area contributed by atoms with Crippen molar-refractivity contribution in [2.45, 2.75) is 12.8 Å². The fourth-order valence-corrected chi connectivity index (χ4v) is 10.2. The highest BCUT2D eigenvalue weighted by Gasteiger charge is 2.27. The standard InChI is InChI=1S/C32H38N4O2P2/c1-35(25-15-27-39(37,29-17-7-3-8-18-29)30-19-9-4-10-20-30)33-34-36(2)26-16-28-40(38,31-21-11-5-12-22-31)32-23-13-6-14-24-32/h3-14,17-24H,15-16,25-28H2,1-2H3/b34-33+. The normalized spacial score (nSPS) is 11.9. The van der Waals surface area contributed by atoms with E-state index in [2.05, 4.69) is 10.4 Å². The van der Waals surface area contributed by atoms with Gasteiger partial charge >= 0.3 is 0 Å². The Morgan fingerprint density at radius 2 is 0.725 bits per heavy atom. The number of benzene rings is 4. The van der Waals surface area contributed by atoms with Crippen molar-refractivity contribution >= 4 is 35.5 Å². The molecular weight excluding hydrogens is 534 g/mol. The Balaban J connectivity index is 1.30. The van der Waals surface area contributed by atoms with Gasteiger partial charge in [-0.25, -0.2) is 0 Å². The molecule has 0 heterocycles. The summed E-state index contributed by atoms with van der Waals surface area (Å²) in [7, 11) is -1.71.